The van der Waals surface area contributed by atoms with Crippen molar-refractivity contribution >= 4 is 6.21 Å². The van der Waals surface area contributed by atoms with Crippen molar-refractivity contribution in [2.45, 2.75) is 6.92 Å². The zero-order chi connectivity index (χ0) is 6.41. The van der Waals surface area contributed by atoms with Crippen molar-refractivity contribution in [2.24, 2.45) is 5.10 Å². The van der Waals surface area contributed by atoms with Gasteiger partial charge >= 0.3 is 0 Å². The quantitative estimate of drug-likeness (QED) is 0.303. The summed E-state index contributed by atoms with van der Waals surface area (Å²) in [5.74, 6) is 0. The van der Waals surface area contributed by atoms with Crippen LogP contribution in [0.2, 0.25) is 0 Å². The Morgan fingerprint density at radius 1 is 1.75 bits per heavy atom. The highest BCUT2D eigenvalue weighted by atomic mass is 15.4. The molecule has 0 spiro atoms. The van der Waals surface area contributed by atoms with E-state index in [4.69, 9.17) is 0 Å². The van der Waals surface area contributed by atoms with Crippen LogP contribution in [0.4, 0.5) is 0 Å². The molecule has 2 heteroatoms. The third-order valence-corrected chi connectivity index (χ3v) is 0.706. The van der Waals surface area contributed by atoms with Crippen molar-refractivity contribution in [3.05, 3.63) is 12.7 Å². The molecule has 0 aliphatic rings. The van der Waals surface area contributed by atoms with Gasteiger partial charge in [-0.2, -0.15) is 5.10 Å². The molecule has 0 N–H and O–H groups in total. The smallest absolute Gasteiger partial charge is 0.0535 e. The van der Waals surface area contributed by atoms with Crippen LogP contribution in [-0.4, -0.2) is 24.8 Å². The molecule has 0 heterocycles. The van der Waals surface area contributed by atoms with E-state index in [0.717, 1.165) is 6.54 Å². The van der Waals surface area contributed by atoms with Crippen LogP contribution in [0, 0.1) is 0 Å². The van der Waals surface area contributed by atoms with Gasteiger partial charge in [0.05, 0.1) is 6.54 Å². The molecular formula is C6H12N2. The third-order valence-electron chi connectivity index (χ3n) is 0.706. The Labute approximate surface area is 50.5 Å². The van der Waals surface area contributed by atoms with Crippen LogP contribution in [-0.2, 0) is 0 Å². The fraction of sp³-hybridized carbons (Fsp3) is 0.500. The van der Waals surface area contributed by atoms with Crippen molar-refractivity contribution < 1.29 is 0 Å². The zero-order valence-electron chi connectivity index (χ0n) is 5.46. The van der Waals surface area contributed by atoms with Gasteiger partial charge in [0.25, 0.3) is 0 Å². The van der Waals surface area contributed by atoms with Gasteiger partial charge in [0.1, 0.15) is 0 Å². The van der Waals surface area contributed by atoms with E-state index in [1.165, 1.54) is 0 Å². The number of nitrogens with zero attached hydrogens (tertiary/aromatic N) is 2. The van der Waals surface area contributed by atoms with Crippen LogP contribution in [0.1, 0.15) is 6.92 Å². The summed E-state index contributed by atoms with van der Waals surface area (Å²) in [5.41, 5.74) is 0. The molecule has 0 saturated carbocycles. The van der Waals surface area contributed by atoms with Gasteiger partial charge in [-0.15, -0.1) is 6.58 Å². The molecule has 0 unspecified atom stereocenters. The molecule has 0 aromatic carbocycles. The monoisotopic (exact) mass is 112 g/mol. The summed E-state index contributed by atoms with van der Waals surface area (Å²) < 4.78 is 0. The molecule has 0 radical (unpaired) electrons. The van der Waals surface area contributed by atoms with Crippen molar-refractivity contribution in [1.29, 1.82) is 0 Å². The Hall–Kier alpha value is -0.790. The van der Waals surface area contributed by atoms with E-state index < -0.39 is 0 Å². The van der Waals surface area contributed by atoms with Gasteiger partial charge in [-0.25, -0.2) is 0 Å². The fourth-order valence-corrected chi connectivity index (χ4v) is 0.431. The first-order chi connectivity index (χ1) is 3.81. The molecule has 0 aromatic heterocycles. The second-order valence-corrected chi connectivity index (χ2v) is 1.50. The van der Waals surface area contributed by atoms with Gasteiger partial charge in [-0.3, -0.25) is 5.01 Å². The van der Waals surface area contributed by atoms with E-state index in [2.05, 4.69) is 11.7 Å². The maximum absolute atomic E-state index is 3.95. The van der Waals surface area contributed by atoms with Gasteiger partial charge in [0.2, 0.25) is 0 Å². The average Bonchev–Trinajstić information content (AvgIpc) is 1.68. The highest BCUT2D eigenvalue weighted by Gasteiger charge is 1.80. The summed E-state index contributed by atoms with van der Waals surface area (Å²) in [6.07, 6.45) is 3.57. The largest absolute Gasteiger partial charge is 0.297 e. The van der Waals surface area contributed by atoms with Crippen LogP contribution in [0.15, 0.2) is 17.8 Å². The molecule has 0 bridgehead atoms. The summed E-state index contributed by atoms with van der Waals surface area (Å²) in [4.78, 5) is 0. The lowest BCUT2D eigenvalue weighted by atomic mass is 10.6. The maximum Gasteiger partial charge on any atom is 0.0535 e. The highest BCUT2D eigenvalue weighted by Crippen LogP contribution is 1.79. The molecule has 0 fully saturated rings. The van der Waals surface area contributed by atoms with Gasteiger partial charge in [0.15, 0.2) is 0 Å². The Morgan fingerprint density at radius 2 is 2.38 bits per heavy atom. The Morgan fingerprint density at radius 3 is 2.75 bits per heavy atom. The second-order valence-electron chi connectivity index (χ2n) is 1.50. The number of rotatable bonds is 3. The number of hydrazone groups is 1. The summed E-state index contributed by atoms with van der Waals surface area (Å²) in [6, 6.07) is 0. The lowest BCUT2D eigenvalue weighted by Crippen LogP contribution is -2.09. The standard InChI is InChI=1S/C6H12N2/c1-4-6-8(3)7-5-2/h4-5H,1,6H2,2-3H3. The maximum atomic E-state index is 3.95. The van der Waals surface area contributed by atoms with E-state index in [1.807, 2.05) is 25.1 Å². The Balaban J connectivity index is 3.31. The highest BCUT2D eigenvalue weighted by molar-refractivity contribution is 5.52. The average molecular weight is 112 g/mol. The molecule has 0 aliphatic carbocycles. The number of likely N-dealkylation sites (N-methyl/N-ethyl adjacent to an activating group) is 1. The van der Waals surface area contributed by atoms with Crippen molar-refractivity contribution in [2.75, 3.05) is 13.6 Å². The van der Waals surface area contributed by atoms with E-state index in [0.29, 0.717) is 0 Å². The van der Waals surface area contributed by atoms with Crippen LogP contribution >= 0.6 is 0 Å². The van der Waals surface area contributed by atoms with E-state index in [1.54, 1.807) is 6.21 Å². The molecule has 0 aromatic rings. The number of hydrogen-bond donors (Lipinski definition) is 0. The Bertz CT molecular complexity index is 86.5. The molecule has 0 rings (SSSR count). The predicted molar refractivity (Wildman–Crippen MR) is 37.0 cm³/mol. The van der Waals surface area contributed by atoms with Crippen molar-refractivity contribution in [1.82, 2.24) is 5.01 Å². The van der Waals surface area contributed by atoms with Crippen LogP contribution < -0.4 is 0 Å². The Kier molecular flexibility index (Phi) is 3.94. The minimum atomic E-state index is 0.810. The lowest BCUT2D eigenvalue weighted by Gasteiger charge is -2.06. The van der Waals surface area contributed by atoms with Crippen LogP contribution in [0.3, 0.4) is 0 Å². The summed E-state index contributed by atoms with van der Waals surface area (Å²) in [7, 11) is 1.90. The second kappa shape index (κ2) is 4.37. The van der Waals surface area contributed by atoms with E-state index in [9.17, 15) is 0 Å². The first-order valence-corrected chi connectivity index (χ1v) is 2.62. The first kappa shape index (κ1) is 7.21. The van der Waals surface area contributed by atoms with Gasteiger partial charge in [-0.05, 0) is 6.92 Å². The zero-order valence-corrected chi connectivity index (χ0v) is 5.46. The van der Waals surface area contributed by atoms with Crippen LogP contribution in [0.5, 0.6) is 0 Å². The summed E-state index contributed by atoms with van der Waals surface area (Å²) in [5, 5.41) is 5.76. The molecular weight excluding hydrogens is 100 g/mol. The first-order valence-electron chi connectivity index (χ1n) is 2.62. The molecule has 0 amide bonds. The molecule has 8 heavy (non-hydrogen) atoms. The lowest BCUT2D eigenvalue weighted by molar-refractivity contribution is 0.397. The van der Waals surface area contributed by atoms with Crippen molar-refractivity contribution in [3.63, 3.8) is 0 Å². The molecule has 46 valence electrons. The van der Waals surface area contributed by atoms with E-state index in [-0.39, 0.29) is 0 Å². The third kappa shape index (κ3) is 3.40. The summed E-state index contributed by atoms with van der Waals surface area (Å²) in [6.45, 7) is 6.27. The normalized spacial score (nSPS) is 9.75. The molecule has 0 saturated heterocycles. The van der Waals surface area contributed by atoms with Gasteiger partial charge in [0, 0.05) is 13.3 Å². The van der Waals surface area contributed by atoms with Gasteiger partial charge in [-0.1, -0.05) is 6.08 Å². The van der Waals surface area contributed by atoms with Crippen LogP contribution in [0.25, 0.3) is 0 Å². The molecule has 0 aliphatic heterocycles. The topological polar surface area (TPSA) is 15.6 Å². The SMILES string of the molecule is C=CCN(C)N=CC. The van der Waals surface area contributed by atoms with Gasteiger partial charge < -0.3 is 0 Å². The molecule has 2 nitrogen and oxygen atoms in total. The van der Waals surface area contributed by atoms with E-state index >= 15 is 0 Å². The van der Waals surface area contributed by atoms with Crippen molar-refractivity contribution in [3.8, 4) is 0 Å². The fourth-order valence-electron chi connectivity index (χ4n) is 0.431. The predicted octanol–water partition coefficient (Wildman–Crippen LogP) is 1.11. The minimum absolute atomic E-state index is 0.810. The molecule has 0 atom stereocenters. The number of hydrogen-bond acceptors (Lipinski definition) is 2. The summed E-state index contributed by atoms with van der Waals surface area (Å²) >= 11 is 0. The minimum Gasteiger partial charge on any atom is -0.297 e.